The van der Waals surface area contributed by atoms with Gasteiger partial charge in [-0.15, -0.1) is 0 Å². The van der Waals surface area contributed by atoms with Crippen LogP contribution in [0.2, 0.25) is 0 Å². The number of aliphatic imine (C=N–C) groups is 1. The molecule has 2 N–H and O–H groups in total. The Bertz CT molecular complexity index is 294. The lowest BCUT2D eigenvalue weighted by Crippen LogP contribution is -2.42. The van der Waals surface area contributed by atoms with Gasteiger partial charge in [-0.05, 0) is 32.1 Å². The highest BCUT2D eigenvalue weighted by atomic mass is 19.4. The molecule has 0 fully saturated rings. The summed E-state index contributed by atoms with van der Waals surface area (Å²) in [5, 5.41) is 6.32. The molecule has 0 aliphatic rings. The van der Waals surface area contributed by atoms with Crippen LogP contribution in [0.15, 0.2) is 4.99 Å². The summed E-state index contributed by atoms with van der Waals surface area (Å²) in [6.07, 6.45) is -1.57. The summed E-state index contributed by atoms with van der Waals surface area (Å²) in [4.78, 5) is 4.09. The molecular formula is C14H28F3N3O. The van der Waals surface area contributed by atoms with Crippen molar-refractivity contribution in [2.45, 2.75) is 52.3 Å². The first-order valence-electron chi connectivity index (χ1n) is 7.36. The summed E-state index contributed by atoms with van der Waals surface area (Å²) < 4.78 is 40.1. The smallest absolute Gasteiger partial charge is 0.372 e. The molecule has 1 atom stereocenters. The predicted octanol–water partition coefficient (Wildman–Crippen LogP) is 2.95. The third kappa shape index (κ3) is 13.7. The van der Waals surface area contributed by atoms with Crippen molar-refractivity contribution in [1.82, 2.24) is 10.6 Å². The van der Waals surface area contributed by atoms with E-state index in [1.165, 1.54) is 0 Å². The van der Waals surface area contributed by atoms with E-state index in [1.54, 1.807) is 7.05 Å². The van der Waals surface area contributed by atoms with E-state index in [2.05, 4.69) is 41.1 Å². The normalized spacial score (nSPS) is 14.4. The fraction of sp³-hybridized carbons (Fsp3) is 0.929. The molecule has 0 radical (unpaired) electrons. The van der Waals surface area contributed by atoms with Crippen LogP contribution in [0.5, 0.6) is 0 Å². The molecular weight excluding hydrogens is 283 g/mol. The highest BCUT2D eigenvalue weighted by Crippen LogP contribution is 2.14. The second-order valence-corrected chi connectivity index (χ2v) is 5.54. The lowest BCUT2D eigenvalue weighted by molar-refractivity contribution is -0.173. The molecule has 0 saturated carbocycles. The lowest BCUT2D eigenvalue weighted by atomic mass is 10.0. The zero-order valence-corrected chi connectivity index (χ0v) is 13.4. The van der Waals surface area contributed by atoms with E-state index in [-0.39, 0.29) is 6.61 Å². The monoisotopic (exact) mass is 311 g/mol. The van der Waals surface area contributed by atoms with Gasteiger partial charge < -0.3 is 15.4 Å². The van der Waals surface area contributed by atoms with Crippen molar-refractivity contribution in [3.8, 4) is 0 Å². The molecule has 126 valence electrons. The van der Waals surface area contributed by atoms with Crippen LogP contribution < -0.4 is 10.6 Å². The summed E-state index contributed by atoms with van der Waals surface area (Å²) in [6.45, 7) is 5.86. The Morgan fingerprint density at radius 2 is 1.86 bits per heavy atom. The third-order valence-corrected chi connectivity index (χ3v) is 2.81. The molecule has 0 aromatic heterocycles. The van der Waals surface area contributed by atoms with Gasteiger partial charge in [0, 0.05) is 26.2 Å². The molecule has 0 aliphatic carbocycles. The van der Waals surface area contributed by atoms with Crippen molar-refractivity contribution < 1.29 is 17.9 Å². The van der Waals surface area contributed by atoms with E-state index >= 15 is 0 Å². The van der Waals surface area contributed by atoms with E-state index < -0.39 is 12.8 Å². The topological polar surface area (TPSA) is 45.7 Å². The quantitative estimate of drug-likeness (QED) is 0.391. The summed E-state index contributed by atoms with van der Waals surface area (Å²) in [7, 11) is 1.67. The Balaban J connectivity index is 3.71. The predicted molar refractivity (Wildman–Crippen MR) is 79.5 cm³/mol. The van der Waals surface area contributed by atoms with Gasteiger partial charge in [-0.2, -0.15) is 13.2 Å². The Kier molecular flexibility index (Phi) is 10.2. The maximum absolute atomic E-state index is 11.9. The van der Waals surface area contributed by atoms with E-state index in [0.29, 0.717) is 30.9 Å². The molecule has 0 bridgehead atoms. The average molecular weight is 311 g/mol. The molecule has 0 rings (SSSR count). The number of nitrogens with one attached hydrogen (secondary N) is 2. The summed E-state index contributed by atoms with van der Waals surface area (Å²) in [6, 6.07) is 0.306. The van der Waals surface area contributed by atoms with Gasteiger partial charge in [0.05, 0.1) is 0 Å². The van der Waals surface area contributed by atoms with Crippen LogP contribution in [0, 0.1) is 5.92 Å². The van der Waals surface area contributed by atoms with E-state index in [9.17, 15) is 13.2 Å². The molecule has 0 aliphatic heterocycles. The highest BCUT2D eigenvalue weighted by Gasteiger charge is 2.27. The summed E-state index contributed by atoms with van der Waals surface area (Å²) in [5.41, 5.74) is 0. The number of nitrogens with zero attached hydrogens (tertiary/aromatic N) is 1. The van der Waals surface area contributed by atoms with Gasteiger partial charge in [0.25, 0.3) is 0 Å². The van der Waals surface area contributed by atoms with Crippen molar-refractivity contribution >= 4 is 5.96 Å². The third-order valence-electron chi connectivity index (χ3n) is 2.81. The van der Waals surface area contributed by atoms with Crippen LogP contribution in [0.3, 0.4) is 0 Å². The molecule has 0 spiro atoms. The number of guanidine groups is 1. The van der Waals surface area contributed by atoms with Crippen molar-refractivity contribution in [3.63, 3.8) is 0 Å². The number of alkyl halides is 3. The molecule has 0 heterocycles. The van der Waals surface area contributed by atoms with Gasteiger partial charge in [-0.3, -0.25) is 4.99 Å². The van der Waals surface area contributed by atoms with Crippen LogP contribution >= 0.6 is 0 Å². The highest BCUT2D eigenvalue weighted by molar-refractivity contribution is 5.79. The average Bonchev–Trinajstić information content (AvgIpc) is 2.37. The Morgan fingerprint density at radius 1 is 1.19 bits per heavy atom. The minimum atomic E-state index is -4.25. The number of halogens is 3. The minimum Gasteiger partial charge on any atom is -0.372 e. The number of hydrogen-bond acceptors (Lipinski definition) is 2. The Hall–Kier alpha value is -0.980. The Labute approximate surface area is 125 Å². The number of hydrogen-bond donors (Lipinski definition) is 2. The molecule has 0 aromatic carbocycles. The maximum Gasteiger partial charge on any atom is 0.411 e. The zero-order valence-electron chi connectivity index (χ0n) is 13.4. The van der Waals surface area contributed by atoms with Crippen LogP contribution in [-0.2, 0) is 4.74 Å². The largest absolute Gasteiger partial charge is 0.411 e. The van der Waals surface area contributed by atoms with E-state index in [4.69, 9.17) is 0 Å². The van der Waals surface area contributed by atoms with Crippen molar-refractivity contribution in [3.05, 3.63) is 0 Å². The first-order chi connectivity index (χ1) is 9.74. The zero-order chi connectivity index (χ0) is 16.3. The standard InChI is InChI=1S/C14H28F3N3O/c1-11(2)6-7-12(3)20-13(18-4)19-8-5-9-21-10-14(15,16)17/h11-12H,5-10H2,1-4H3,(H2,18,19,20). The van der Waals surface area contributed by atoms with E-state index in [1.807, 2.05) is 0 Å². The minimum absolute atomic E-state index is 0.0758. The van der Waals surface area contributed by atoms with Gasteiger partial charge >= 0.3 is 6.18 Å². The molecule has 4 nitrogen and oxygen atoms in total. The number of rotatable bonds is 9. The van der Waals surface area contributed by atoms with Gasteiger partial charge in [0.2, 0.25) is 0 Å². The molecule has 21 heavy (non-hydrogen) atoms. The van der Waals surface area contributed by atoms with Gasteiger partial charge in [-0.1, -0.05) is 13.8 Å². The van der Waals surface area contributed by atoms with Crippen molar-refractivity contribution in [2.24, 2.45) is 10.9 Å². The number of ether oxygens (including phenoxy) is 1. The first kappa shape index (κ1) is 20.0. The fourth-order valence-corrected chi connectivity index (χ4v) is 1.65. The first-order valence-corrected chi connectivity index (χ1v) is 7.36. The van der Waals surface area contributed by atoms with Crippen molar-refractivity contribution in [2.75, 3.05) is 26.8 Å². The van der Waals surface area contributed by atoms with E-state index in [0.717, 1.165) is 12.8 Å². The molecule has 0 saturated heterocycles. The Morgan fingerprint density at radius 3 is 2.38 bits per heavy atom. The van der Waals surface area contributed by atoms with Crippen LogP contribution in [0.4, 0.5) is 13.2 Å². The van der Waals surface area contributed by atoms with Crippen molar-refractivity contribution in [1.29, 1.82) is 0 Å². The van der Waals surface area contributed by atoms with Gasteiger partial charge in [-0.25, -0.2) is 0 Å². The summed E-state index contributed by atoms with van der Waals surface area (Å²) >= 11 is 0. The fourth-order valence-electron chi connectivity index (χ4n) is 1.65. The van der Waals surface area contributed by atoms with Gasteiger partial charge in [0.15, 0.2) is 5.96 Å². The maximum atomic E-state index is 11.9. The molecule has 0 amide bonds. The molecule has 0 aromatic rings. The second kappa shape index (κ2) is 10.7. The molecule has 7 heteroatoms. The lowest BCUT2D eigenvalue weighted by Gasteiger charge is -2.18. The van der Waals surface area contributed by atoms with Crippen LogP contribution in [0.1, 0.15) is 40.0 Å². The van der Waals surface area contributed by atoms with Gasteiger partial charge in [0.1, 0.15) is 6.61 Å². The summed E-state index contributed by atoms with van der Waals surface area (Å²) in [5.74, 6) is 1.33. The SMILES string of the molecule is CN=C(NCCCOCC(F)(F)F)NC(C)CCC(C)C. The van der Waals surface area contributed by atoms with Crippen LogP contribution in [-0.4, -0.2) is 45.0 Å². The second-order valence-electron chi connectivity index (χ2n) is 5.54. The molecule has 1 unspecified atom stereocenters. The van der Waals surface area contributed by atoms with Crippen LogP contribution in [0.25, 0.3) is 0 Å².